The van der Waals surface area contributed by atoms with Gasteiger partial charge in [-0.25, -0.2) is 8.78 Å². The van der Waals surface area contributed by atoms with Gasteiger partial charge in [-0.15, -0.1) is 0 Å². The van der Waals surface area contributed by atoms with Crippen molar-refractivity contribution >= 4 is 0 Å². The minimum Gasteiger partial charge on any atom is -0.383 e. The summed E-state index contributed by atoms with van der Waals surface area (Å²) in [6, 6.07) is 6.57. The molecule has 2 atom stereocenters. The molecule has 1 fully saturated rings. The second kappa shape index (κ2) is 6.41. The van der Waals surface area contributed by atoms with Crippen LogP contribution in [0, 0.1) is 0 Å². The molecule has 0 aromatic heterocycles. The van der Waals surface area contributed by atoms with Crippen LogP contribution >= 0.6 is 0 Å². The maximum Gasteiger partial charge on any atom is 0.263 e. The molecular weight excluding hydrogens is 250 g/mol. The van der Waals surface area contributed by atoms with Crippen LogP contribution in [0.3, 0.4) is 0 Å². The lowest BCUT2D eigenvalue weighted by atomic mass is 9.99. The number of nitrogens with two attached hydrogens (primary N) is 1. The van der Waals surface area contributed by atoms with Crippen molar-refractivity contribution in [2.45, 2.75) is 24.9 Å². The van der Waals surface area contributed by atoms with Crippen LogP contribution in [0.1, 0.15) is 30.0 Å². The summed E-state index contributed by atoms with van der Waals surface area (Å²) in [4.78, 5) is 2.21. The van der Waals surface area contributed by atoms with Gasteiger partial charge in [-0.2, -0.15) is 0 Å². The number of alkyl halides is 2. The first kappa shape index (κ1) is 14.4. The minimum absolute atomic E-state index is 0.00819. The highest BCUT2D eigenvalue weighted by atomic mass is 19.3. The predicted octanol–water partition coefficient (Wildman–Crippen LogP) is 2.34. The van der Waals surface area contributed by atoms with E-state index in [1.165, 1.54) is 6.07 Å². The molecule has 2 rings (SSSR count). The second-order valence-electron chi connectivity index (χ2n) is 4.90. The summed E-state index contributed by atoms with van der Waals surface area (Å²) < 4.78 is 30.6. The monoisotopic (exact) mass is 270 g/mol. The molecule has 0 aliphatic carbocycles. The van der Waals surface area contributed by atoms with E-state index in [1.807, 2.05) is 6.07 Å². The molecule has 1 aliphatic rings. The van der Waals surface area contributed by atoms with Gasteiger partial charge in [0.05, 0.1) is 12.6 Å². The van der Waals surface area contributed by atoms with Gasteiger partial charge in [0.15, 0.2) is 0 Å². The van der Waals surface area contributed by atoms with Crippen molar-refractivity contribution in [3.05, 3.63) is 35.4 Å². The van der Waals surface area contributed by atoms with Crippen LogP contribution < -0.4 is 5.73 Å². The highest BCUT2D eigenvalue weighted by Gasteiger charge is 2.32. The fourth-order valence-corrected chi connectivity index (χ4v) is 2.68. The first-order valence-electron chi connectivity index (χ1n) is 6.50. The molecule has 0 bridgehead atoms. The molecule has 2 unspecified atom stereocenters. The van der Waals surface area contributed by atoms with Gasteiger partial charge in [0, 0.05) is 31.8 Å². The van der Waals surface area contributed by atoms with Crippen LogP contribution in [0.4, 0.5) is 8.78 Å². The van der Waals surface area contributed by atoms with E-state index in [0.29, 0.717) is 6.61 Å². The summed E-state index contributed by atoms with van der Waals surface area (Å²) in [7, 11) is 1.66. The summed E-state index contributed by atoms with van der Waals surface area (Å²) in [6.45, 7) is 2.28. The van der Waals surface area contributed by atoms with Crippen molar-refractivity contribution in [3.8, 4) is 0 Å². The molecule has 0 saturated carbocycles. The summed E-state index contributed by atoms with van der Waals surface area (Å²) in [5.74, 6) is 0. The number of hydrogen-bond donors (Lipinski definition) is 1. The highest BCUT2D eigenvalue weighted by molar-refractivity contribution is 5.28. The Hall–Kier alpha value is -1.04. The molecule has 3 nitrogen and oxygen atoms in total. The van der Waals surface area contributed by atoms with Crippen molar-refractivity contribution in [1.82, 2.24) is 4.90 Å². The number of nitrogens with zero attached hydrogens (tertiary/aromatic N) is 1. The van der Waals surface area contributed by atoms with Crippen LogP contribution in [0.15, 0.2) is 24.3 Å². The zero-order valence-corrected chi connectivity index (χ0v) is 11.1. The van der Waals surface area contributed by atoms with Crippen molar-refractivity contribution in [3.63, 3.8) is 0 Å². The van der Waals surface area contributed by atoms with Gasteiger partial charge in [-0.3, -0.25) is 4.90 Å². The molecule has 0 radical (unpaired) electrons. The van der Waals surface area contributed by atoms with Gasteiger partial charge in [-0.1, -0.05) is 18.2 Å². The van der Waals surface area contributed by atoms with Crippen LogP contribution in [0.2, 0.25) is 0 Å². The van der Waals surface area contributed by atoms with Crippen LogP contribution in [-0.4, -0.2) is 37.7 Å². The van der Waals surface area contributed by atoms with E-state index < -0.39 is 6.43 Å². The Kier molecular flexibility index (Phi) is 4.85. The number of likely N-dealkylation sites (tertiary alicyclic amines) is 1. The highest BCUT2D eigenvalue weighted by Crippen LogP contribution is 2.32. The largest absolute Gasteiger partial charge is 0.383 e. The average molecular weight is 270 g/mol. The average Bonchev–Trinajstić information content (AvgIpc) is 2.77. The predicted molar refractivity (Wildman–Crippen MR) is 70.2 cm³/mol. The Balaban J connectivity index is 2.19. The minimum atomic E-state index is -2.44. The third kappa shape index (κ3) is 3.29. The lowest BCUT2D eigenvalue weighted by Gasteiger charge is -2.27. The maximum absolute atomic E-state index is 12.8. The van der Waals surface area contributed by atoms with E-state index in [4.69, 9.17) is 10.5 Å². The molecule has 0 spiro atoms. The zero-order valence-electron chi connectivity index (χ0n) is 11.1. The first-order valence-corrected chi connectivity index (χ1v) is 6.50. The summed E-state index contributed by atoms with van der Waals surface area (Å²) in [5.41, 5.74) is 7.06. The molecule has 19 heavy (non-hydrogen) atoms. The quantitative estimate of drug-likeness (QED) is 0.892. The van der Waals surface area contributed by atoms with E-state index in [9.17, 15) is 8.78 Å². The van der Waals surface area contributed by atoms with Gasteiger partial charge in [0.2, 0.25) is 0 Å². The van der Waals surface area contributed by atoms with Crippen molar-refractivity contribution < 1.29 is 13.5 Å². The fraction of sp³-hybridized carbons (Fsp3) is 0.571. The molecule has 1 heterocycles. The Morgan fingerprint density at radius 3 is 2.95 bits per heavy atom. The van der Waals surface area contributed by atoms with E-state index in [-0.39, 0.29) is 17.6 Å². The first-order chi connectivity index (χ1) is 9.13. The molecule has 1 saturated heterocycles. The van der Waals surface area contributed by atoms with Gasteiger partial charge in [0.25, 0.3) is 6.43 Å². The van der Waals surface area contributed by atoms with Crippen LogP contribution in [-0.2, 0) is 4.74 Å². The zero-order chi connectivity index (χ0) is 13.8. The van der Waals surface area contributed by atoms with Crippen molar-refractivity contribution in [2.75, 3.05) is 26.8 Å². The fourth-order valence-electron chi connectivity index (χ4n) is 2.68. The molecular formula is C14H20F2N2O. The number of methoxy groups -OCH3 is 1. The van der Waals surface area contributed by atoms with Gasteiger partial charge in [-0.05, 0) is 18.1 Å². The normalized spacial score (nSPS) is 24.3. The third-order valence-corrected chi connectivity index (χ3v) is 3.64. The van der Waals surface area contributed by atoms with Gasteiger partial charge < -0.3 is 10.5 Å². The molecule has 1 aromatic rings. The van der Waals surface area contributed by atoms with Crippen molar-refractivity contribution in [1.29, 1.82) is 0 Å². The SMILES string of the molecule is COCCN1CCC(N)C1c1cccc(C(F)F)c1. The Morgan fingerprint density at radius 1 is 1.47 bits per heavy atom. The number of benzene rings is 1. The van der Waals surface area contributed by atoms with E-state index in [0.717, 1.165) is 25.1 Å². The number of ether oxygens (including phenoxy) is 1. The lowest BCUT2D eigenvalue weighted by molar-refractivity contribution is 0.138. The lowest BCUT2D eigenvalue weighted by Crippen LogP contribution is -2.33. The molecule has 1 aromatic carbocycles. The molecule has 5 heteroatoms. The summed E-state index contributed by atoms with van der Waals surface area (Å²) in [5, 5.41) is 0. The van der Waals surface area contributed by atoms with Gasteiger partial charge in [0.1, 0.15) is 0 Å². The Bertz CT molecular complexity index is 414. The van der Waals surface area contributed by atoms with E-state index in [1.54, 1.807) is 19.2 Å². The number of hydrogen-bond acceptors (Lipinski definition) is 3. The van der Waals surface area contributed by atoms with Crippen molar-refractivity contribution in [2.24, 2.45) is 5.73 Å². The third-order valence-electron chi connectivity index (χ3n) is 3.64. The summed E-state index contributed by atoms with van der Waals surface area (Å²) >= 11 is 0. The Labute approximate surface area is 112 Å². The van der Waals surface area contributed by atoms with Crippen LogP contribution in [0.5, 0.6) is 0 Å². The van der Waals surface area contributed by atoms with E-state index in [2.05, 4.69) is 4.90 Å². The topological polar surface area (TPSA) is 38.5 Å². The standard InChI is InChI=1S/C14H20F2N2O/c1-19-8-7-18-6-5-12(17)13(18)10-3-2-4-11(9-10)14(15)16/h2-4,9,12-14H,5-8,17H2,1H3. The second-order valence-corrected chi connectivity index (χ2v) is 4.90. The van der Waals surface area contributed by atoms with Gasteiger partial charge >= 0.3 is 0 Å². The molecule has 1 aliphatic heterocycles. The summed E-state index contributed by atoms with van der Waals surface area (Å²) in [6.07, 6.45) is -1.56. The smallest absolute Gasteiger partial charge is 0.263 e. The van der Waals surface area contributed by atoms with E-state index >= 15 is 0 Å². The number of halogens is 2. The maximum atomic E-state index is 12.8. The Morgan fingerprint density at radius 2 is 2.26 bits per heavy atom. The molecule has 2 N–H and O–H groups in total. The van der Waals surface area contributed by atoms with Crippen LogP contribution in [0.25, 0.3) is 0 Å². The molecule has 0 amide bonds. The number of rotatable bonds is 5. The molecule has 106 valence electrons.